The van der Waals surface area contributed by atoms with Crippen LogP contribution in [0, 0.1) is 13.8 Å². The van der Waals surface area contributed by atoms with Crippen molar-refractivity contribution in [1.82, 2.24) is 25.3 Å². The topological polar surface area (TPSA) is 60.6 Å². The summed E-state index contributed by atoms with van der Waals surface area (Å²) >= 11 is 0. The van der Waals surface area contributed by atoms with Gasteiger partial charge in [0.2, 0.25) is 0 Å². The van der Waals surface area contributed by atoms with Crippen LogP contribution in [0.25, 0.3) is 0 Å². The summed E-state index contributed by atoms with van der Waals surface area (Å²) in [5, 5.41) is 14.7. The summed E-state index contributed by atoms with van der Waals surface area (Å²) in [5.74, 6) is 0. The van der Waals surface area contributed by atoms with Crippen LogP contribution in [-0.2, 0) is 19.4 Å². The Morgan fingerprint density at radius 3 is 2.60 bits per heavy atom. The van der Waals surface area contributed by atoms with Crippen molar-refractivity contribution < 1.29 is 0 Å². The Hall–Kier alpha value is -1.62. The maximum atomic E-state index is 4.27. The fraction of sp³-hybridized carbons (Fsp3) is 0.600. The molecule has 5 heteroatoms. The number of aryl methyl sites for hydroxylation is 3. The highest BCUT2D eigenvalue weighted by Crippen LogP contribution is 2.12. The van der Waals surface area contributed by atoms with Crippen LogP contribution in [0.15, 0.2) is 6.07 Å². The van der Waals surface area contributed by atoms with Crippen LogP contribution < -0.4 is 0 Å². The van der Waals surface area contributed by atoms with E-state index in [0.717, 1.165) is 43.7 Å². The molecule has 0 saturated heterocycles. The largest absolute Gasteiger partial charge is 0.301 e. The van der Waals surface area contributed by atoms with E-state index in [-0.39, 0.29) is 0 Å². The second-order valence-corrected chi connectivity index (χ2v) is 5.49. The molecule has 0 spiro atoms. The normalized spacial score (nSPS) is 11.4. The van der Waals surface area contributed by atoms with Gasteiger partial charge >= 0.3 is 0 Å². The van der Waals surface area contributed by atoms with Gasteiger partial charge in [-0.05, 0) is 58.3 Å². The molecule has 0 fully saturated rings. The van der Waals surface area contributed by atoms with Crippen LogP contribution in [0.2, 0.25) is 0 Å². The van der Waals surface area contributed by atoms with Crippen molar-refractivity contribution in [3.63, 3.8) is 0 Å². The molecule has 110 valence electrons. The predicted octanol–water partition coefficient (Wildman–Crippen LogP) is 2.38. The van der Waals surface area contributed by atoms with Gasteiger partial charge in [0.1, 0.15) is 0 Å². The minimum atomic E-state index is 0.927. The van der Waals surface area contributed by atoms with E-state index in [0.29, 0.717) is 0 Å². The van der Waals surface area contributed by atoms with Gasteiger partial charge in [-0.2, -0.15) is 10.2 Å². The fourth-order valence-electron chi connectivity index (χ4n) is 2.51. The quantitative estimate of drug-likeness (QED) is 0.815. The Bertz CT molecular complexity index is 521. The summed E-state index contributed by atoms with van der Waals surface area (Å²) in [4.78, 5) is 2.33. The van der Waals surface area contributed by atoms with Crippen molar-refractivity contribution >= 4 is 0 Å². The lowest BCUT2D eigenvalue weighted by Crippen LogP contribution is -2.20. The van der Waals surface area contributed by atoms with E-state index in [1.165, 1.54) is 17.0 Å². The number of H-pyrrole nitrogens is 2. The SMILES string of the molecule is CCc1cc(CN(C)CCCc2c(C)n[nH]c2C)[nH]n1. The molecule has 2 aromatic rings. The van der Waals surface area contributed by atoms with Crippen molar-refractivity contribution in [3.8, 4) is 0 Å². The molecule has 5 nitrogen and oxygen atoms in total. The average Bonchev–Trinajstić information content (AvgIpc) is 2.99. The molecule has 0 amide bonds. The summed E-state index contributed by atoms with van der Waals surface area (Å²) in [7, 11) is 2.15. The predicted molar refractivity (Wildman–Crippen MR) is 80.7 cm³/mol. The molecule has 2 heterocycles. The van der Waals surface area contributed by atoms with Crippen LogP contribution in [-0.4, -0.2) is 38.9 Å². The van der Waals surface area contributed by atoms with Gasteiger partial charge in [0.15, 0.2) is 0 Å². The van der Waals surface area contributed by atoms with E-state index in [2.05, 4.69) is 59.2 Å². The van der Waals surface area contributed by atoms with Crippen LogP contribution >= 0.6 is 0 Å². The van der Waals surface area contributed by atoms with Gasteiger partial charge < -0.3 is 4.90 Å². The minimum Gasteiger partial charge on any atom is -0.301 e. The van der Waals surface area contributed by atoms with Crippen LogP contribution in [0.5, 0.6) is 0 Å². The summed E-state index contributed by atoms with van der Waals surface area (Å²) in [6.07, 6.45) is 3.22. The molecule has 2 N–H and O–H groups in total. The van der Waals surface area contributed by atoms with Crippen molar-refractivity contribution in [1.29, 1.82) is 0 Å². The molecule has 0 bridgehead atoms. The highest BCUT2D eigenvalue weighted by molar-refractivity contribution is 5.23. The molecular weight excluding hydrogens is 250 g/mol. The number of nitrogens with one attached hydrogen (secondary N) is 2. The molecule has 0 aliphatic rings. The van der Waals surface area contributed by atoms with Crippen LogP contribution in [0.1, 0.15) is 41.7 Å². The van der Waals surface area contributed by atoms with Gasteiger partial charge in [0.05, 0.1) is 11.4 Å². The zero-order chi connectivity index (χ0) is 14.5. The molecule has 0 aliphatic heterocycles. The molecule has 0 saturated carbocycles. The number of hydrogen-bond acceptors (Lipinski definition) is 3. The van der Waals surface area contributed by atoms with Gasteiger partial charge in [0.25, 0.3) is 0 Å². The molecule has 20 heavy (non-hydrogen) atoms. The number of aromatic nitrogens is 4. The number of aromatic amines is 2. The second kappa shape index (κ2) is 6.70. The van der Waals surface area contributed by atoms with E-state index in [4.69, 9.17) is 0 Å². The molecule has 2 rings (SSSR count). The third kappa shape index (κ3) is 3.70. The Kier molecular flexibility index (Phi) is 4.95. The average molecular weight is 275 g/mol. The monoisotopic (exact) mass is 275 g/mol. The smallest absolute Gasteiger partial charge is 0.0625 e. The molecule has 0 unspecified atom stereocenters. The molecule has 0 aromatic carbocycles. The van der Waals surface area contributed by atoms with E-state index < -0.39 is 0 Å². The second-order valence-electron chi connectivity index (χ2n) is 5.49. The maximum Gasteiger partial charge on any atom is 0.0625 e. The standard InChI is InChI=1S/C15H25N5/c1-5-13-9-14(19-18-13)10-20(4)8-6-7-15-11(2)16-17-12(15)3/h9H,5-8,10H2,1-4H3,(H,16,17)(H,18,19). The highest BCUT2D eigenvalue weighted by atomic mass is 15.2. The molecule has 0 atom stereocenters. The summed E-state index contributed by atoms with van der Waals surface area (Å²) < 4.78 is 0. The van der Waals surface area contributed by atoms with Gasteiger partial charge in [-0.1, -0.05) is 6.92 Å². The first-order chi connectivity index (χ1) is 9.60. The third-order valence-electron chi connectivity index (χ3n) is 3.73. The Balaban J connectivity index is 1.76. The zero-order valence-electron chi connectivity index (χ0n) is 13.0. The minimum absolute atomic E-state index is 0.927. The van der Waals surface area contributed by atoms with Crippen LogP contribution in [0.4, 0.5) is 0 Å². The maximum absolute atomic E-state index is 4.27. The number of nitrogens with zero attached hydrogens (tertiary/aromatic N) is 3. The highest BCUT2D eigenvalue weighted by Gasteiger charge is 2.07. The van der Waals surface area contributed by atoms with Crippen molar-refractivity contribution in [2.24, 2.45) is 0 Å². The first kappa shape index (κ1) is 14.8. The third-order valence-corrected chi connectivity index (χ3v) is 3.73. The number of hydrogen-bond donors (Lipinski definition) is 2. The lowest BCUT2D eigenvalue weighted by molar-refractivity contribution is 0.318. The molecule has 2 aromatic heterocycles. The number of rotatable bonds is 7. The summed E-state index contributed by atoms with van der Waals surface area (Å²) in [6, 6.07) is 2.15. The fourth-order valence-corrected chi connectivity index (χ4v) is 2.51. The Morgan fingerprint density at radius 2 is 2.00 bits per heavy atom. The first-order valence-electron chi connectivity index (χ1n) is 7.32. The molecule has 0 aliphatic carbocycles. The lowest BCUT2D eigenvalue weighted by Gasteiger charge is -2.15. The van der Waals surface area contributed by atoms with Crippen molar-refractivity contribution in [2.45, 2.75) is 46.6 Å². The Labute approximate surface area is 120 Å². The summed E-state index contributed by atoms with van der Waals surface area (Å²) in [5.41, 5.74) is 6.03. The van der Waals surface area contributed by atoms with Crippen molar-refractivity contribution in [3.05, 3.63) is 34.4 Å². The van der Waals surface area contributed by atoms with Gasteiger partial charge in [-0.3, -0.25) is 10.2 Å². The van der Waals surface area contributed by atoms with Crippen LogP contribution in [0.3, 0.4) is 0 Å². The van der Waals surface area contributed by atoms with Gasteiger partial charge in [0, 0.05) is 17.9 Å². The van der Waals surface area contributed by atoms with E-state index in [1.807, 2.05) is 0 Å². The van der Waals surface area contributed by atoms with Gasteiger partial charge in [-0.25, -0.2) is 0 Å². The Morgan fingerprint density at radius 1 is 1.20 bits per heavy atom. The van der Waals surface area contributed by atoms with Crippen molar-refractivity contribution in [2.75, 3.05) is 13.6 Å². The first-order valence-corrected chi connectivity index (χ1v) is 7.32. The van der Waals surface area contributed by atoms with E-state index >= 15 is 0 Å². The molecular formula is C15H25N5. The lowest BCUT2D eigenvalue weighted by atomic mass is 10.1. The summed E-state index contributed by atoms with van der Waals surface area (Å²) in [6.45, 7) is 8.29. The van der Waals surface area contributed by atoms with E-state index in [9.17, 15) is 0 Å². The molecule has 0 radical (unpaired) electrons. The zero-order valence-corrected chi connectivity index (χ0v) is 13.0. The van der Waals surface area contributed by atoms with Gasteiger partial charge in [-0.15, -0.1) is 0 Å². The van der Waals surface area contributed by atoms with E-state index in [1.54, 1.807) is 0 Å².